The molecule has 4 nitrogen and oxygen atoms in total. The van der Waals surface area contributed by atoms with E-state index < -0.39 is 24.7 Å². The minimum atomic E-state index is -4.47. The molecule has 0 spiro atoms. The highest BCUT2D eigenvalue weighted by molar-refractivity contribution is 5.81. The Morgan fingerprint density at radius 3 is 2.55 bits per heavy atom. The molecular weight excluding hydrogens is 273 g/mol. The van der Waals surface area contributed by atoms with Gasteiger partial charge in [0.25, 0.3) is 0 Å². The van der Waals surface area contributed by atoms with Crippen LogP contribution in [-0.4, -0.2) is 29.6 Å². The van der Waals surface area contributed by atoms with Gasteiger partial charge >= 0.3 is 6.18 Å². The minimum Gasteiger partial charge on any atom is -0.467 e. The highest BCUT2D eigenvalue weighted by Gasteiger charge is 2.35. The smallest absolute Gasteiger partial charge is 0.406 e. The SMILES string of the molecule is CC(C)C[C@H](N)C(=O)N(Cc1ccco1)CC(F)(F)F. The molecule has 114 valence electrons. The molecule has 7 heteroatoms. The van der Waals surface area contributed by atoms with Crippen molar-refractivity contribution in [2.45, 2.75) is 39.0 Å². The van der Waals surface area contributed by atoms with Crippen LogP contribution in [0.25, 0.3) is 0 Å². The van der Waals surface area contributed by atoms with Crippen LogP contribution >= 0.6 is 0 Å². The lowest BCUT2D eigenvalue weighted by atomic mass is 10.0. The van der Waals surface area contributed by atoms with E-state index in [-0.39, 0.29) is 12.5 Å². The fourth-order valence-corrected chi connectivity index (χ4v) is 1.86. The summed E-state index contributed by atoms with van der Waals surface area (Å²) in [5, 5.41) is 0. The molecule has 0 fully saturated rings. The second kappa shape index (κ2) is 6.78. The second-order valence-electron chi connectivity index (χ2n) is 5.12. The predicted octanol–water partition coefficient (Wildman–Crippen LogP) is 2.54. The molecule has 1 atom stereocenters. The Morgan fingerprint density at radius 2 is 2.10 bits per heavy atom. The van der Waals surface area contributed by atoms with Gasteiger partial charge in [-0.1, -0.05) is 13.8 Å². The largest absolute Gasteiger partial charge is 0.467 e. The number of nitrogens with zero attached hydrogens (tertiary/aromatic N) is 1. The third-order valence-corrected chi connectivity index (χ3v) is 2.65. The fourth-order valence-electron chi connectivity index (χ4n) is 1.86. The zero-order chi connectivity index (χ0) is 15.3. The average Bonchev–Trinajstić information content (AvgIpc) is 2.77. The highest BCUT2D eigenvalue weighted by atomic mass is 19.4. The lowest BCUT2D eigenvalue weighted by Crippen LogP contribution is -2.47. The van der Waals surface area contributed by atoms with Crippen LogP contribution in [0.2, 0.25) is 0 Å². The van der Waals surface area contributed by atoms with E-state index in [0.717, 1.165) is 0 Å². The number of halogens is 3. The topological polar surface area (TPSA) is 59.5 Å². The molecule has 0 saturated heterocycles. The van der Waals surface area contributed by atoms with Crippen LogP contribution < -0.4 is 5.73 Å². The summed E-state index contributed by atoms with van der Waals surface area (Å²) < 4.78 is 42.7. The van der Waals surface area contributed by atoms with E-state index in [2.05, 4.69) is 0 Å². The molecule has 0 bridgehead atoms. The van der Waals surface area contributed by atoms with Crippen LogP contribution in [0.3, 0.4) is 0 Å². The van der Waals surface area contributed by atoms with Gasteiger partial charge in [0, 0.05) is 0 Å². The summed E-state index contributed by atoms with van der Waals surface area (Å²) in [6, 6.07) is 2.14. The maximum atomic E-state index is 12.6. The van der Waals surface area contributed by atoms with Crippen molar-refractivity contribution < 1.29 is 22.4 Å². The highest BCUT2D eigenvalue weighted by Crippen LogP contribution is 2.19. The van der Waals surface area contributed by atoms with Crippen molar-refractivity contribution in [1.29, 1.82) is 0 Å². The summed E-state index contributed by atoms with van der Waals surface area (Å²) in [4.78, 5) is 12.7. The number of hydrogen-bond donors (Lipinski definition) is 1. The molecule has 20 heavy (non-hydrogen) atoms. The number of nitrogens with two attached hydrogens (primary N) is 1. The summed E-state index contributed by atoms with van der Waals surface area (Å²) >= 11 is 0. The third kappa shape index (κ3) is 5.64. The molecule has 0 radical (unpaired) electrons. The van der Waals surface area contributed by atoms with Gasteiger partial charge in [0.15, 0.2) is 0 Å². The first-order valence-corrected chi connectivity index (χ1v) is 6.32. The number of furan rings is 1. The molecular formula is C13H19F3N2O2. The van der Waals surface area contributed by atoms with Crippen molar-refractivity contribution in [3.63, 3.8) is 0 Å². The van der Waals surface area contributed by atoms with Gasteiger partial charge in [0.2, 0.25) is 5.91 Å². The van der Waals surface area contributed by atoms with Gasteiger partial charge in [-0.3, -0.25) is 4.79 Å². The number of rotatable bonds is 6. The Hall–Kier alpha value is -1.50. The first-order chi connectivity index (χ1) is 9.19. The molecule has 1 aromatic heterocycles. The molecule has 0 saturated carbocycles. The van der Waals surface area contributed by atoms with Gasteiger partial charge in [-0.15, -0.1) is 0 Å². The van der Waals surface area contributed by atoms with E-state index in [1.165, 1.54) is 12.3 Å². The van der Waals surface area contributed by atoms with Gasteiger partial charge < -0.3 is 15.1 Å². The quantitative estimate of drug-likeness (QED) is 0.876. The molecule has 1 heterocycles. The van der Waals surface area contributed by atoms with Gasteiger partial charge in [0.05, 0.1) is 18.8 Å². The molecule has 1 rings (SSSR count). The third-order valence-electron chi connectivity index (χ3n) is 2.65. The van der Waals surface area contributed by atoms with E-state index in [1.54, 1.807) is 6.07 Å². The molecule has 0 aliphatic carbocycles. The van der Waals surface area contributed by atoms with Crippen molar-refractivity contribution >= 4 is 5.91 Å². The maximum Gasteiger partial charge on any atom is 0.406 e. The summed E-state index contributed by atoms with van der Waals surface area (Å²) in [5.74, 6) is -0.294. The fraction of sp³-hybridized carbons (Fsp3) is 0.615. The van der Waals surface area contributed by atoms with Crippen LogP contribution in [-0.2, 0) is 11.3 Å². The van der Waals surface area contributed by atoms with Gasteiger partial charge in [-0.25, -0.2) is 0 Å². The van der Waals surface area contributed by atoms with Crippen molar-refractivity contribution in [2.24, 2.45) is 11.7 Å². The van der Waals surface area contributed by atoms with E-state index in [0.29, 0.717) is 17.1 Å². The Morgan fingerprint density at radius 1 is 1.45 bits per heavy atom. The molecule has 2 N–H and O–H groups in total. The van der Waals surface area contributed by atoms with Crippen molar-refractivity contribution in [1.82, 2.24) is 4.90 Å². The first kappa shape index (κ1) is 16.6. The first-order valence-electron chi connectivity index (χ1n) is 6.32. The number of carbonyl (C=O) groups excluding carboxylic acids is 1. The van der Waals surface area contributed by atoms with Crippen molar-refractivity contribution in [2.75, 3.05) is 6.54 Å². The van der Waals surface area contributed by atoms with E-state index >= 15 is 0 Å². The van der Waals surface area contributed by atoms with Gasteiger partial charge in [-0.2, -0.15) is 13.2 Å². The van der Waals surface area contributed by atoms with Crippen LogP contribution in [0, 0.1) is 5.92 Å². The van der Waals surface area contributed by atoms with E-state index in [4.69, 9.17) is 10.2 Å². The normalized spacial score (nSPS) is 13.6. The average molecular weight is 292 g/mol. The molecule has 0 aromatic carbocycles. The Bertz CT molecular complexity index is 416. The zero-order valence-electron chi connectivity index (χ0n) is 11.5. The zero-order valence-corrected chi connectivity index (χ0v) is 11.5. The van der Waals surface area contributed by atoms with Crippen molar-refractivity contribution in [3.8, 4) is 0 Å². The summed E-state index contributed by atoms with van der Waals surface area (Å²) in [6.45, 7) is 2.14. The summed E-state index contributed by atoms with van der Waals surface area (Å²) in [7, 11) is 0. The van der Waals surface area contributed by atoms with Crippen LogP contribution in [0.4, 0.5) is 13.2 Å². The Balaban J connectivity index is 2.78. The minimum absolute atomic E-state index is 0.130. The summed E-state index contributed by atoms with van der Waals surface area (Å²) in [5.41, 5.74) is 5.68. The lowest BCUT2D eigenvalue weighted by molar-refractivity contribution is -0.163. The van der Waals surface area contributed by atoms with Crippen LogP contribution in [0.1, 0.15) is 26.0 Å². The molecule has 1 amide bonds. The molecule has 0 unspecified atom stereocenters. The number of alkyl halides is 3. The number of hydrogen-bond acceptors (Lipinski definition) is 3. The van der Waals surface area contributed by atoms with E-state index in [9.17, 15) is 18.0 Å². The second-order valence-corrected chi connectivity index (χ2v) is 5.12. The predicted molar refractivity (Wildman–Crippen MR) is 67.6 cm³/mol. The van der Waals surface area contributed by atoms with Gasteiger partial charge in [0.1, 0.15) is 12.3 Å². The van der Waals surface area contributed by atoms with Crippen molar-refractivity contribution in [3.05, 3.63) is 24.2 Å². The van der Waals surface area contributed by atoms with Crippen LogP contribution in [0.5, 0.6) is 0 Å². The Labute approximate surface area is 115 Å². The standard InChI is InChI=1S/C13H19F3N2O2/c1-9(2)6-11(17)12(19)18(8-13(14,15)16)7-10-4-3-5-20-10/h3-5,9,11H,6-8,17H2,1-2H3/t11-/m0/s1. The molecule has 1 aromatic rings. The lowest BCUT2D eigenvalue weighted by Gasteiger charge is -2.26. The maximum absolute atomic E-state index is 12.6. The summed E-state index contributed by atoms with van der Waals surface area (Å²) in [6.07, 6.45) is -2.79. The van der Waals surface area contributed by atoms with Crippen LogP contribution in [0.15, 0.2) is 22.8 Å². The molecule has 0 aliphatic rings. The molecule has 0 aliphatic heterocycles. The number of amides is 1. The monoisotopic (exact) mass is 292 g/mol. The Kier molecular flexibility index (Phi) is 5.62. The van der Waals surface area contributed by atoms with Gasteiger partial charge in [-0.05, 0) is 24.5 Å². The van der Waals surface area contributed by atoms with E-state index in [1.807, 2.05) is 13.8 Å². The number of carbonyl (C=O) groups is 1.